The molecule has 0 bridgehead atoms. The molecule has 0 spiro atoms. The van der Waals surface area contributed by atoms with Gasteiger partial charge in [0.1, 0.15) is 5.84 Å². The molecule has 3 aromatic carbocycles. The summed E-state index contributed by atoms with van der Waals surface area (Å²) in [6.45, 7) is 1.26. The van der Waals surface area contributed by atoms with E-state index in [9.17, 15) is 30.8 Å². The maximum atomic E-state index is 14.9. The molecule has 1 amide bonds. The lowest BCUT2D eigenvalue weighted by Gasteiger charge is -2.16. The summed E-state index contributed by atoms with van der Waals surface area (Å²) in [4.78, 5) is 12.1. The monoisotopic (exact) mass is 520 g/mol. The lowest BCUT2D eigenvalue weighted by atomic mass is 10.0. The van der Waals surface area contributed by atoms with E-state index in [0.717, 1.165) is 18.2 Å². The standard InChI is InChI=1S/C24H20F4N4O3S/c1-13(14-5-4-6-16(11-14)22(29)30)21(25)23(33)32-19-10-9-15(12-18(19)24(26,27)28)17-7-2-3-8-20(17)36(31,34)35/h2-12H,1H3,(H3,29,30)(H,32,33)(H2,31,34,35)/b21-13+. The Morgan fingerprint density at radius 2 is 1.61 bits per heavy atom. The minimum atomic E-state index is -4.97. The van der Waals surface area contributed by atoms with Crippen LogP contribution in [0, 0.1) is 5.41 Å². The molecule has 0 aliphatic rings. The lowest BCUT2D eigenvalue weighted by Crippen LogP contribution is -2.18. The number of benzene rings is 3. The van der Waals surface area contributed by atoms with Gasteiger partial charge in [0.25, 0.3) is 5.91 Å². The van der Waals surface area contributed by atoms with Gasteiger partial charge in [0.15, 0.2) is 5.83 Å². The highest BCUT2D eigenvalue weighted by Gasteiger charge is 2.35. The number of halogens is 4. The smallest absolute Gasteiger partial charge is 0.384 e. The van der Waals surface area contributed by atoms with E-state index in [0.29, 0.717) is 6.07 Å². The van der Waals surface area contributed by atoms with Crippen LogP contribution in [0.2, 0.25) is 0 Å². The second-order valence-corrected chi connectivity index (χ2v) is 9.22. The number of anilines is 1. The molecule has 0 fully saturated rings. The summed E-state index contributed by atoms with van der Waals surface area (Å²) in [6.07, 6.45) is -4.97. The van der Waals surface area contributed by atoms with Crippen LogP contribution in [0.15, 0.2) is 77.5 Å². The first kappa shape index (κ1) is 26.6. The van der Waals surface area contributed by atoms with E-state index < -0.39 is 39.2 Å². The third-order valence-corrected chi connectivity index (χ3v) is 6.18. The summed E-state index contributed by atoms with van der Waals surface area (Å²) < 4.78 is 80.1. The van der Waals surface area contributed by atoms with E-state index in [1.807, 2.05) is 5.32 Å². The number of amides is 1. The minimum Gasteiger partial charge on any atom is -0.384 e. The van der Waals surface area contributed by atoms with Gasteiger partial charge in [0, 0.05) is 11.1 Å². The fourth-order valence-corrected chi connectivity index (χ4v) is 4.16. The zero-order chi connectivity index (χ0) is 26.8. The van der Waals surface area contributed by atoms with Gasteiger partial charge in [-0.2, -0.15) is 13.2 Å². The Balaban J connectivity index is 2.03. The number of sulfonamides is 1. The number of primary sulfonamides is 1. The van der Waals surface area contributed by atoms with Crippen molar-refractivity contribution in [1.29, 1.82) is 5.41 Å². The summed E-state index contributed by atoms with van der Waals surface area (Å²) in [7, 11) is -4.24. The van der Waals surface area contributed by atoms with Gasteiger partial charge >= 0.3 is 6.18 Å². The summed E-state index contributed by atoms with van der Waals surface area (Å²) in [5, 5.41) is 14.6. The lowest BCUT2D eigenvalue weighted by molar-refractivity contribution is -0.136. The highest BCUT2D eigenvalue weighted by molar-refractivity contribution is 7.89. The number of nitrogen functional groups attached to an aromatic ring is 1. The van der Waals surface area contributed by atoms with Gasteiger partial charge < -0.3 is 11.1 Å². The third-order valence-electron chi connectivity index (χ3n) is 5.21. The predicted octanol–water partition coefficient (Wildman–Crippen LogP) is 4.64. The SMILES string of the molecule is C/C(=C(\F)C(=O)Nc1ccc(-c2ccccc2S(N)(=O)=O)cc1C(F)(F)F)c1cccc(C(=N)N)c1. The number of nitrogens with one attached hydrogen (secondary N) is 2. The normalized spacial score (nSPS) is 12.6. The first-order valence-corrected chi connectivity index (χ1v) is 11.7. The molecule has 0 aliphatic heterocycles. The van der Waals surface area contributed by atoms with Crippen molar-refractivity contribution < 1.29 is 30.8 Å². The second-order valence-electron chi connectivity index (χ2n) is 7.69. The Morgan fingerprint density at radius 3 is 2.22 bits per heavy atom. The Labute approximate surface area is 204 Å². The van der Waals surface area contributed by atoms with Crippen molar-refractivity contribution in [2.24, 2.45) is 10.9 Å². The van der Waals surface area contributed by atoms with Gasteiger partial charge in [0.05, 0.1) is 16.1 Å². The highest BCUT2D eigenvalue weighted by atomic mass is 32.2. The van der Waals surface area contributed by atoms with Crippen molar-refractivity contribution in [2.75, 3.05) is 5.32 Å². The summed E-state index contributed by atoms with van der Waals surface area (Å²) >= 11 is 0. The fourth-order valence-electron chi connectivity index (χ4n) is 3.40. The number of hydrogen-bond donors (Lipinski definition) is 4. The van der Waals surface area contributed by atoms with Crippen LogP contribution >= 0.6 is 0 Å². The van der Waals surface area contributed by atoms with Gasteiger partial charge in [-0.05, 0) is 47.9 Å². The number of nitrogens with two attached hydrogens (primary N) is 2. The maximum absolute atomic E-state index is 14.9. The van der Waals surface area contributed by atoms with Crippen LogP contribution < -0.4 is 16.2 Å². The predicted molar refractivity (Wildman–Crippen MR) is 128 cm³/mol. The van der Waals surface area contributed by atoms with Gasteiger partial charge in [-0.25, -0.2) is 17.9 Å². The molecule has 0 radical (unpaired) electrons. The molecule has 6 N–H and O–H groups in total. The number of carbonyl (C=O) groups is 1. The fraction of sp³-hybridized carbons (Fsp3) is 0.0833. The van der Waals surface area contributed by atoms with Crippen LogP contribution in [-0.4, -0.2) is 20.2 Å². The number of rotatable bonds is 6. The van der Waals surface area contributed by atoms with Crippen LogP contribution in [-0.2, 0) is 21.0 Å². The Bertz CT molecular complexity index is 1500. The molecule has 7 nitrogen and oxygen atoms in total. The van der Waals surface area contributed by atoms with Crippen LogP contribution in [0.1, 0.15) is 23.6 Å². The van der Waals surface area contributed by atoms with Gasteiger partial charge in [-0.3, -0.25) is 10.2 Å². The van der Waals surface area contributed by atoms with Crippen molar-refractivity contribution >= 4 is 33.0 Å². The van der Waals surface area contributed by atoms with Gasteiger partial charge in [0.2, 0.25) is 10.0 Å². The van der Waals surface area contributed by atoms with E-state index in [4.69, 9.17) is 16.3 Å². The van der Waals surface area contributed by atoms with E-state index >= 15 is 0 Å². The van der Waals surface area contributed by atoms with Crippen LogP contribution in [0.5, 0.6) is 0 Å². The molecule has 3 rings (SSSR count). The minimum absolute atomic E-state index is 0.0735. The van der Waals surface area contributed by atoms with Crippen molar-refractivity contribution in [1.82, 2.24) is 0 Å². The number of allylic oxidation sites excluding steroid dienone is 1. The van der Waals surface area contributed by atoms with E-state index in [-0.39, 0.29) is 38.6 Å². The Morgan fingerprint density at radius 1 is 0.972 bits per heavy atom. The first-order chi connectivity index (χ1) is 16.7. The molecule has 188 valence electrons. The number of hydrogen-bond acceptors (Lipinski definition) is 4. The molecule has 0 saturated heterocycles. The first-order valence-electron chi connectivity index (χ1n) is 10.2. The molecule has 0 heterocycles. The zero-order valence-electron chi connectivity index (χ0n) is 18.7. The average Bonchev–Trinajstić information content (AvgIpc) is 2.82. The third kappa shape index (κ3) is 5.78. The molecule has 0 aromatic heterocycles. The molecule has 0 unspecified atom stereocenters. The molecular weight excluding hydrogens is 500 g/mol. The topological polar surface area (TPSA) is 139 Å². The van der Waals surface area contributed by atoms with Crippen LogP contribution in [0.4, 0.5) is 23.2 Å². The van der Waals surface area contributed by atoms with Gasteiger partial charge in [-0.15, -0.1) is 0 Å². The highest BCUT2D eigenvalue weighted by Crippen LogP contribution is 2.39. The van der Waals surface area contributed by atoms with Crippen molar-refractivity contribution in [3.05, 3.63) is 89.2 Å². The largest absolute Gasteiger partial charge is 0.418 e. The summed E-state index contributed by atoms with van der Waals surface area (Å²) in [5.41, 5.74) is 3.47. The average molecular weight is 521 g/mol. The van der Waals surface area contributed by atoms with Crippen LogP contribution in [0.25, 0.3) is 16.7 Å². The molecule has 3 aromatic rings. The maximum Gasteiger partial charge on any atom is 0.418 e. The molecule has 0 atom stereocenters. The molecule has 12 heteroatoms. The quantitative estimate of drug-likeness (QED) is 0.163. The van der Waals surface area contributed by atoms with E-state index in [1.54, 1.807) is 0 Å². The van der Waals surface area contributed by atoms with E-state index in [1.165, 1.54) is 49.4 Å². The van der Waals surface area contributed by atoms with Crippen molar-refractivity contribution in [3.8, 4) is 11.1 Å². The van der Waals surface area contributed by atoms with Crippen molar-refractivity contribution in [2.45, 2.75) is 18.0 Å². The molecule has 36 heavy (non-hydrogen) atoms. The zero-order valence-corrected chi connectivity index (χ0v) is 19.5. The summed E-state index contributed by atoms with van der Waals surface area (Å²) in [6, 6.07) is 13.7. The Hall–Kier alpha value is -4.03. The molecule has 0 saturated carbocycles. The second kappa shape index (κ2) is 9.91. The van der Waals surface area contributed by atoms with Gasteiger partial charge in [-0.1, -0.05) is 42.5 Å². The summed E-state index contributed by atoms with van der Waals surface area (Å²) in [5.74, 6) is -3.05. The number of alkyl halides is 3. The van der Waals surface area contributed by atoms with E-state index in [2.05, 4.69) is 0 Å². The number of carbonyl (C=O) groups excluding carboxylic acids is 1. The number of amidine groups is 1. The van der Waals surface area contributed by atoms with Crippen LogP contribution in [0.3, 0.4) is 0 Å². The van der Waals surface area contributed by atoms with Crippen molar-refractivity contribution in [3.63, 3.8) is 0 Å². The Kier molecular flexibility index (Phi) is 7.32. The molecular formula is C24H20F4N4O3S. The molecule has 0 aliphatic carbocycles.